The first-order chi connectivity index (χ1) is 6.31. The Morgan fingerprint density at radius 3 is 2.50 bits per heavy atom. The number of rotatable bonds is 2. The normalized spacial score (nSPS) is 11.7. The Morgan fingerprint density at radius 1 is 1.43 bits per heavy atom. The number of benzene rings is 1. The van der Waals surface area contributed by atoms with Crippen molar-refractivity contribution in [1.82, 2.24) is 0 Å². The van der Waals surface area contributed by atoms with Crippen molar-refractivity contribution in [3.05, 3.63) is 33.0 Å². The predicted molar refractivity (Wildman–Crippen MR) is 57.6 cm³/mol. The molecule has 78 valence electrons. The van der Waals surface area contributed by atoms with Gasteiger partial charge in [-0.15, -0.1) is 0 Å². The average molecular weight is 322 g/mol. The summed E-state index contributed by atoms with van der Waals surface area (Å²) in [4.78, 5) is 0. The van der Waals surface area contributed by atoms with Gasteiger partial charge in [0.15, 0.2) is 0 Å². The smallest absolute Gasteiger partial charge is 0.212 e. The molecule has 0 radical (unpaired) electrons. The molecule has 14 heavy (non-hydrogen) atoms. The number of halogens is 4. The van der Waals surface area contributed by atoms with Gasteiger partial charge in [0.25, 0.3) is 0 Å². The molecule has 0 unspecified atom stereocenters. The van der Waals surface area contributed by atoms with Gasteiger partial charge in [-0.25, -0.2) is 12.8 Å². The summed E-state index contributed by atoms with van der Waals surface area (Å²) < 4.78 is 35.1. The third-order valence-corrected chi connectivity index (χ3v) is 3.45. The van der Waals surface area contributed by atoms with Crippen LogP contribution in [0.1, 0.15) is 5.56 Å². The van der Waals surface area contributed by atoms with Crippen molar-refractivity contribution >= 4 is 47.3 Å². The quantitative estimate of drug-likeness (QED) is 0.618. The van der Waals surface area contributed by atoms with Gasteiger partial charge >= 0.3 is 0 Å². The minimum Gasteiger partial charge on any atom is -0.212 e. The zero-order valence-corrected chi connectivity index (χ0v) is 10.5. The van der Waals surface area contributed by atoms with E-state index in [4.69, 9.17) is 22.3 Å². The van der Waals surface area contributed by atoms with Crippen LogP contribution in [0.4, 0.5) is 4.39 Å². The summed E-state index contributed by atoms with van der Waals surface area (Å²) in [5, 5.41) is -0.136. The molecule has 0 saturated heterocycles. The highest BCUT2D eigenvalue weighted by Gasteiger charge is 2.16. The second-order valence-corrected chi connectivity index (χ2v) is 6.54. The Kier molecular flexibility index (Phi) is 3.80. The first kappa shape index (κ1) is 12.2. The van der Waals surface area contributed by atoms with Crippen LogP contribution in [-0.2, 0) is 14.8 Å². The van der Waals surface area contributed by atoms with Crippen LogP contribution >= 0.6 is 38.2 Å². The SMILES string of the molecule is O=S(=O)(Cl)Cc1c(Br)ccc(Cl)c1F. The maximum atomic E-state index is 13.3. The van der Waals surface area contributed by atoms with E-state index in [0.29, 0.717) is 4.47 Å². The molecule has 0 aliphatic heterocycles. The van der Waals surface area contributed by atoms with Gasteiger partial charge in [-0.2, -0.15) is 0 Å². The fourth-order valence-electron chi connectivity index (χ4n) is 0.874. The predicted octanol–water partition coefficient (Wildman–Crippen LogP) is 3.31. The standard InChI is InChI=1S/C7H4BrCl2FO2S/c8-5-1-2-6(9)7(11)4(5)3-14(10,12)13/h1-2H,3H2. The lowest BCUT2D eigenvalue weighted by Gasteiger charge is -2.04. The number of hydrogen-bond donors (Lipinski definition) is 0. The van der Waals surface area contributed by atoms with Gasteiger partial charge in [-0.05, 0) is 12.1 Å². The van der Waals surface area contributed by atoms with Gasteiger partial charge in [0.2, 0.25) is 9.05 Å². The lowest BCUT2D eigenvalue weighted by atomic mass is 10.2. The van der Waals surface area contributed by atoms with Gasteiger partial charge < -0.3 is 0 Å². The van der Waals surface area contributed by atoms with Crippen LogP contribution in [0.2, 0.25) is 5.02 Å². The largest absolute Gasteiger partial charge is 0.236 e. The van der Waals surface area contributed by atoms with Gasteiger partial charge in [0, 0.05) is 20.7 Å². The lowest BCUT2D eigenvalue weighted by molar-refractivity contribution is 0.597. The highest BCUT2D eigenvalue weighted by atomic mass is 79.9. The maximum absolute atomic E-state index is 13.3. The molecule has 1 aromatic rings. The van der Waals surface area contributed by atoms with Crippen LogP contribution < -0.4 is 0 Å². The van der Waals surface area contributed by atoms with Crippen molar-refractivity contribution < 1.29 is 12.8 Å². The molecule has 1 rings (SSSR count). The summed E-state index contributed by atoms with van der Waals surface area (Å²) in [6.45, 7) is 0. The van der Waals surface area contributed by atoms with Crippen LogP contribution in [-0.4, -0.2) is 8.42 Å². The molecule has 0 aromatic heterocycles. The molecule has 0 heterocycles. The summed E-state index contributed by atoms with van der Waals surface area (Å²) in [7, 11) is 1.21. The van der Waals surface area contributed by atoms with E-state index in [1.165, 1.54) is 12.1 Å². The van der Waals surface area contributed by atoms with E-state index >= 15 is 0 Å². The molecular formula is C7H4BrCl2FO2S. The number of hydrogen-bond acceptors (Lipinski definition) is 2. The molecule has 0 spiro atoms. The summed E-state index contributed by atoms with van der Waals surface area (Å²) >= 11 is 8.49. The molecule has 7 heteroatoms. The molecule has 1 aromatic carbocycles. The monoisotopic (exact) mass is 320 g/mol. The molecule has 0 aliphatic carbocycles. The van der Waals surface area contributed by atoms with Gasteiger partial charge in [-0.1, -0.05) is 27.5 Å². The van der Waals surface area contributed by atoms with E-state index in [9.17, 15) is 12.8 Å². The third kappa shape index (κ3) is 3.08. The molecule has 2 nitrogen and oxygen atoms in total. The summed E-state index contributed by atoms with van der Waals surface area (Å²) in [6.07, 6.45) is 0. The molecule has 0 amide bonds. The molecular weight excluding hydrogens is 318 g/mol. The third-order valence-electron chi connectivity index (χ3n) is 1.46. The Hall–Kier alpha value is 0.160. The van der Waals surface area contributed by atoms with E-state index in [2.05, 4.69) is 15.9 Å². The maximum Gasteiger partial charge on any atom is 0.236 e. The van der Waals surface area contributed by atoms with E-state index in [1.54, 1.807) is 0 Å². The molecule has 0 saturated carbocycles. The van der Waals surface area contributed by atoms with Crippen molar-refractivity contribution in [3.63, 3.8) is 0 Å². The topological polar surface area (TPSA) is 34.1 Å². The molecule has 0 aliphatic rings. The van der Waals surface area contributed by atoms with E-state index in [1.807, 2.05) is 0 Å². The van der Waals surface area contributed by atoms with Crippen LogP contribution in [0.3, 0.4) is 0 Å². The summed E-state index contributed by atoms with van der Waals surface area (Å²) in [5.74, 6) is -1.37. The van der Waals surface area contributed by atoms with E-state index in [0.717, 1.165) is 0 Å². The Balaban J connectivity index is 3.27. The van der Waals surface area contributed by atoms with Crippen LogP contribution in [0.5, 0.6) is 0 Å². The van der Waals surface area contributed by atoms with Crippen LogP contribution in [0.15, 0.2) is 16.6 Å². The van der Waals surface area contributed by atoms with E-state index < -0.39 is 20.6 Å². The Bertz CT molecular complexity index is 461. The van der Waals surface area contributed by atoms with Crippen LogP contribution in [0, 0.1) is 5.82 Å². The molecule has 0 fully saturated rings. The zero-order chi connectivity index (χ0) is 10.9. The van der Waals surface area contributed by atoms with Gasteiger partial charge in [0.1, 0.15) is 5.82 Å². The zero-order valence-electron chi connectivity index (χ0n) is 6.60. The first-order valence-electron chi connectivity index (χ1n) is 3.36. The second kappa shape index (κ2) is 4.35. The fraction of sp³-hybridized carbons (Fsp3) is 0.143. The highest BCUT2D eigenvalue weighted by Crippen LogP contribution is 2.28. The summed E-state index contributed by atoms with van der Waals surface area (Å²) in [5.41, 5.74) is -0.0625. The second-order valence-electron chi connectivity index (χ2n) is 2.50. The van der Waals surface area contributed by atoms with Gasteiger partial charge in [-0.3, -0.25) is 0 Å². The van der Waals surface area contributed by atoms with Crippen molar-refractivity contribution in [2.75, 3.05) is 0 Å². The molecule has 0 bridgehead atoms. The van der Waals surface area contributed by atoms with Crippen molar-refractivity contribution in [1.29, 1.82) is 0 Å². The average Bonchev–Trinajstić information content (AvgIpc) is 2.04. The Labute approximate surface area is 98.6 Å². The highest BCUT2D eigenvalue weighted by molar-refractivity contribution is 9.10. The minimum atomic E-state index is -3.80. The minimum absolute atomic E-state index is 0.0625. The van der Waals surface area contributed by atoms with Crippen LogP contribution in [0.25, 0.3) is 0 Å². The van der Waals surface area contributed by atoms with Crippen molar-refractivity contribution in [2.24, 2.45) is 0 Å². The fourth-order valence-corrected chi connectivity index (χ4v) is 2.64. The Morgan fingerprint density at radius 2 is 2.00 bits per heavy atom. The van der Waals surface area contributed by atoms with Crippen molar-refractivity contribution in [3.8, 4) is 0 Å². The van der Waals surface area contributed by atoms with Gasteiger partial charge in [0.05, 0.1) is 10.8 Å². The first-order valence-corrected chi connectivity index (χ1v) is 7.01. The summed E-state index contributed by atoms with van der Waals surface area (Å²) in [6, 6.07) is 2.79. The van der Waals surface area contributed by atoms with E-state index in [-0.39, 0.29) is 10.6 Å². The van der Waals surface area contributed by atoms with Crippen molar-refractivity contribution in [2.45, 2.75) is 5.75 Å². The molecule has 0 atom stereocenters. The molecule has 0 N–H and O–H groups in total. The lowest BCUT2D eigenvalue weighted by Crippen LogP contribution is -2.00.